The van der Waals surface area contributed by atoms with E-state index in [2.05, 4.69) is 20.5 Å². The standard InChI is InChI=1S/C13H8FN5O2S2/c14-8-1-3-9(4-2-8)16-12-17-18-13(23-12)22-11-6-5-10(7-15-11)19(20)21/h1-7H,(H,16,17). The molecule has 0 spiro atoms. The van der Waals surface area contributed by atoms with Crippen molar-refractivity contribution in [2.45, 2.75) is 9.37 Å². The number of anilines is 2. The Bertz CT molecular complexity index is 823. The van der Waals surface area contributed by atoms with Gasteiger partial charge in [0.25, 0.3) is 5.69 Å². The van der Waals surface area contributed by atoms with E-state index in [1.807, 2.05) is 0 Å². The highest BCUT2D eigenvalue weighted by Gasteiger charge is 2.10. The van der Waals surface area contributed by atoms with Gasteiger partial charge in [-0.1, -0.05) is 11.3 Å². The molecule has 0 unspecified atom stereocenters. The maximum atomic E-state index is 12.8. The number of pyridine rings is 1. The van der Waals surface area contributed by atoms with Crippen molar-refractivity contribution in [2.75, 3.05) is 5.32 Å². The van der Waals surface area contributed by atoms with E-state index in [1.165, 1.54) is 47.5 Å². The highest BCUT2D eigenvalue weighted by atomic mass is 32.2. The zero-order valence-electron chi connectivity index (χ0n) is 11.3. The lowest BCUT2D eigenvalue weighted by Gasteiger charge is -2.00. The lowest BCUT2D eigenvalue weighted by Crippen LogP contribution is -1.89. The van der Waals surface area contributed by atoms with E-state index in [9.17, 15) is 14.5 Å². The van der Waals surface area contributed by atoms with Crippen LogP contribution >= 0.6 is 23.1 Å². The van der Waals surface area contributed by atoms with Crippen molar-refractivity contribution in [1.82, 2.24) is 15.2 Å². The van der Waals surface area contributed by atoms with Gasteiger partial charge in [0.1, 0.15) is 17.0 Å². The first kappa shape index (κ1) is 15.3. The third-order valence-corrected chi connectivity index (χ3v) is 4.47. The van der Waals surface area contributed by atoms with E-state index in [0.717, 1.165) is 0 Å². The summed E-state index contributed by atoms with van der Waals surface area (Å²) < 4.78 is 13.5. The van der Waals surface area contributed by atoms with Crippen molar-refractivity contribution < 1.29 is 9.31 Å². The number of hydrogen-bond donors (Lipinski definition) is 1. The summed E-state index contributed by atoms with van der Waals surface area (Å²) in [6.45, 7) is 0. The SMILES string of the molecule is O=[N+]([O-])c1ccc(Sc2nnc(Nc3ccc(F)cc3)s2)nc1. The molecule has 0 aliphatic rings. The maximum Gasteiger partial charge on any atom is 0.287 e. The summed E-state index contributed by atoms with van der Waals surface area (Å²) in [6.07, 6.45) is 1.20. The van der Waals surface area contributed by atoms with Crippen LogP contribution in [-0.2, 0) is 0 Å². The van der Waals surface area contributed by atoms with Crippen LogP contribution in [0.1, 0.15) is 0 Å². The fourth-order valence-electron chi connectivity index (χ4n) is 1.59. The van der Waals surface area contributed by atoms with E-state index >= 15 is 0 Å². The quantitative estimate of drug-likeness (QED) is 0.552. The first-order valence-corrected chi connectivity index (χ1v) is 7.88. The molecule has 3 aromatic rings. The lowest BCUT2D eigenvalue weighted by molar-refractivity contribution is -0.385. The number of nitrogens with zero attached hydrogens (tertiary/aromatic N) is 4. The molecule has 0 bridgehead atoms. The van der Waals surface area contributed by atoms with Crippen molar-refractivity contribution in [3.05, 3.63) is 58.5 Å². The van der Waals surface area contributed by atoms with Crippen molar-refractivity contribution in [3.8, 4) is 0 Å². The number of halogens is 1. The zero-order chi connectivity index (χ0) is 16.2. The Morgan fingerprint density at radius 3 is 2.61 bits per heavy atom. The van der Waals surface area contributed by atoms with Gasteiger partial charge in [0, 0.05) is 11.8 Å². The molecule has 0 saturated carbocycles. The number of benzene rings is 1. The van der Waals surface area contributed by atoms with Gasteiger partial charge in [0.2, 0.25) is 5.13 Å². The molecule has 2 heterocycles. The van der Waals surface area contributed by atoms with Crippen LogP contribution in [0, 0.1) is 15.9 Å². The smallest absolute Gasteiger partial charge is 0.287 e. The van der Waals surface area contributed by atoms with E-state index in [0.29, 0.717) is 20.2 Å². The van der Waals surface area contributed by atoms with Crippen molar-refractivity contribution in [1.29, 1.82) is 0 Å². The minimum atomic E-state index is -0.503. The first-order chi connectivity index (χ1) is 11.1. The molecule has 23 heavy (non-hydrogen) atoms. The van der Waals surface area contributed by atoms with Crippen LogP contribution in [0.2, 0.25) is 0 Å². The van der Waals surface area contributed by atoms with E-state index in [1.54, 1.807) is 18.2 Å². The van der Waals surface area contributed by atoms with Crippen molar-refractivity contribution >= 4 is 39.6 Å². The molecule has 2 aromatic heterocycles. The second-order valence-electron chi connectivity index (χ2n) is 4.22. The largest absolute Gasteiger partial charge is 0.330 e. The molecule has 7 nitrogen and oxygen atoms in total. The topological polar surface area (TPSA) is 93.8 Å². The molecule has 0 aliphatic heterocycles. The minimum Gasteiger partial charge on any atom is -0.330 e. The molecule has 116 valence electrons. The van der Waals surface area contributed by atoms with Gasteiger partial charge < -0.3 is 5.32 Å². The normalized spacial score (nSPS) is 10.5. The van der Waals surface area contributed by atoms with Crippen LogP contribution in [-0.4, -0.2) is 20.1 Å². The molecule has 10 heteroatoms. The summed E-state index contributed by atoms with van der Waals surface area (Å²) in [5, 5.41) is 22.7. The average molecular weight is 349 g/mol. The van der Waals surface area contributed by atoms with Crippen molar-refractivity contribution in [3.63, 3.8) is 0 Å². The van der Waals surface area contributed by atoms with E-state index in [4.69, 9.17) is 0 Å². The molecule has 0 radical (unpaired) electrons. The number of aromatic nitrogens is 3. The molecule has 0 atom stereocenters. The number of rotatable bonds is 5. The third-order valence-electron chi connectivity index (χ3n) is 2.63. The first-order valence-electron chi connectivity index (χ1n) is 6.24. The van der Waals surface area contributed by atoms with Crippen LogP contribution in [0.25, 0.3) is 0 Å². The van der Waals surface area contributed by atoms with Gasteiger partial charge in [-0.15, -0.1) is 10.2 Å². The molecule has 0 amide bonds. The highest BCUT2D eigenvalue weighted by Crippen LogP contribution is 2.32. The van der Waals surface area contributed by atoms with E-state index < -0.39 is 4.92 Å². The fraction of sp³-hybridized carbons (Fsp3) is 0. The molecule has 0 fully saturated rings. The fourth-order valence-corrected chi connectivity index (χ4v) is 3.25. The van der Waals surface area contributed by atoms with Crippen LogP contribution in [0.15, 0.2) is 52.0 Å². The number of nitro groups is 1. The summed E-state index contributed by atoms with van der Waals surface area (Å²) in [5.74, 6) is -0.312. The van der Waals surface area contributed by atoms with Gasteiger partial charge in [0.05, 0.1) is 4.92 Å². The van der Waals surface area contributed by atoms with Gasteiger partial charge in [-0.2, -0.15) is 0 Å². The molecular weight excluding hydrogens is 341 g/mol. The Kier molecular flexibility index (Phi) is 4.44. The van der Waals surface area contributed by atoms with Crippen LogP contribution < -0.4 is 5.32 Å². The van der Waals surface area contributed by atoms with Crippen molar-refractivity contribution in [2.24, 2.45) is 0 Å². The molecule has 0 saturated heterocycles. The summed E-state index contributed by atoms with van der Waals surface area (Å²) in [5.41, 5.74) is 0.637. The average Bonchev–Trinajstić information content (AvgIpc) is 2.97. The summed E-state index contributed by atoms with van der Waals surface area (Å²) in [7, 11) is 0. The summed E-state index contributed by atoms with van der Waals surface area (Å²) >= 11 is 2.55. The number of nitrogens with one attached hydrogen (secondary N) is 1. The monoisotopic (exact) mass is 349 g/mol. The van der Waals surface area contributed by atoms with Gasteiger partial charge in [-0.3, -0.25) is 10.1 Å². The maximum absolute atomic E-state index is 12.8. The highest BCUT2D eigenvalue weighted by molar-refractivity contribution is 8.01. The minimum absolute atomic E-state index is 0.0646. The summed E-state index contributed by atoms with van der Waals surface area (Å²) in [4.78, 5) is 14.1. The Balaban J connectivity index is 1.67. The van der Waals surface area contributed by atoms with Gasteiger partial charge in [-0.25, -0.2) is 9.37 Å². The second-order valence-corrected chi connectivity index (χ2v) is 6.46. The second kappa shape index (κ2) is 6.67. The van der Waals surface area contributed by atoms with Crippen LogP contribution in [0.3, 0.4) is 0 Å². The van der Waals surface area contributed by atoms with Crippen LogP contribution in [0.4, 0.5) is 20.9 Å². The molecule has 3 rings (SSSR count). The Morgan fingerprint density at radius 1 is 1.17 bits per heavy atom. The molecule has 1 aromatic carbocycles. The predicted octanol–water partition coefficient (Wildman–Crippen LogP) is 3.88. The van der Waals surface area contributed by atoms with E-state index in [-0.39, 0.29) is 11.5 Å². The van der Waals surface area contributed by atoms with Gasteiger partial charge in [0.15, 0.2) is 4.34 Å². The predicted molar refractivity (Wildman–Crippen MR) is 84.6 cm³/mol. The van der Waals surface area contributed by atoms with Gasteiger partial charge in [-0.05, 0) is 42.1 Å². The Labute approximate surface area is 137 Å². The lowest BCUT2D eigenvalue weighted by atomic mass is 10.3. The number of hydrogen-bond acceptors (Lipinski definition) is 8. The Morgan fingerprint density at radius 2 is 1.96 bits per heavy atom. The van der Waals surface area contributed by atoms with Crippen LogP contribution in [0.5, 0.6) is 0 Å². The molecular formula is C13H8FN5O2S2. The summed E-state index contributed by atoms with van der Waals surface area (Å²) in [6, 6.07) is 8.83. The third kappa shape index (κ3) is 3.99. The van der Waals surface area contributed by atoms with Gasteiger partial charge >= 0.3 is 0 Å². The molecule has 1 N–H and O–H groups in total. The Hall–Kier alpha value is -2.59. The zero-order valence-corrected chi connectivity index (χ0v) is 13.0. The molecule has 0 aliphatic carbocycles.